The first kappa shape index (κ1) is 18.7. The SMILES string of the molecule is O=C(NC(Cc1ccccc1)C(=O)N1CCC(C(=O)O)CC1)c1ccco1. The van der Waals surface area contributed by atoms with Gasteiger partial charge >= 0.3 is 5.97 Å². The van der Waals surface area contributed by atoms with Gasteiger partial charge in [-0.2, -0.15) is 0 Å². The molecule has 27 heavy (non-hydrogen) atoms. The molecule has 1 unspecified atom stereocenters. The minimum Gasteiger partial charge on any atom is -0.481 e. The van der Waals surface area contributed by atoms with Crippen molar-refractivity contribution in [1.82, 2.24) is 10.2 Å². The average molecular weight is 370 g/mol. The van der Waals surface area contributed by atoms with E-state index in [0.717, 1.165) is 5.56 Å². The number of carbonyl (C=O) groups is 3. The zero-order valence-corrected chi connectivity index (χ0v) is 14.8. The van der Waals surface area contributed by atoms with Gasteiger partial charge in [0, 0.05) is 19.5 Å². The quantitative estimate of drug-likeness (QED) is 0.809. The Labute approximate surface area is 157 Å². The summed E-state index contributed by atoms with van der Waals surface area (Å²) in [4.78, 5) is 38.1. The maximum Gasteiger partial charge on any atom is 0.306 e. The number of hydrogen-bond donors (Lipinski definition) is 2. The summed E-state index contributed by atoms with van der Waals surface area (Å²) in [7, 11) is 0. The second-order valence-electron chi connectivity index (χ2n) is 6.63. The lowest BCUT2D eigenvalue weighted by atomic mass is 9.96. The number of aliphatic carboxylic acids is 1. The lowest BCUT2D eigenvalue weighted by Crippen LogP contribution is -2.52. The van der Waals surface area contributed by atoms with Gasteiger partial charge in [-0.25, -0.2) is 0 Å². The molecule has 0 bridgehead atoms. The van der Waals surface area contributed by atoms with Gasteiger partial charge in [-0.3, -0.25) is 14.4 Å². The van der Waals surface area contributed by atoms with Crippen LogP contribution in [-0.2, 0) is 16.0 Å². The molecule has 1 aliphatic heterocycles. The van der Waals surface area contributed by atoms with Crippen molar-refractivity contribution in [2.45, 2.75) is 25.3 Å². The van der Waals surface area contributed by atoms with Gasteiger partial charge in [-0.05, 0) is 30.5 Å². The van der Waals surface area contributed by atoms with Crippen molar-refractivity contribution in [3.63, 3.8) is 0 Å². The second kappa shape index (κ2) is 8.53. The number of amides is 2. The largest absolute Gasteiger partial charge is 0.481 e. The van der Waals surface area contributed by atoms with Gasteiger partial charge in [0.15, 0.2) is 5.76 Å². The van der Waals surface area contributed by atoms with E-state index >= 15 is 0 Å². The van der Waals surface area contributed by atoms with Gasteiger partial charge in [-0.15, -0.1) is 0 Å². The first-order valence-electron chi connectivity index (χ1n) is 8.94. The number of carboxylic acid groups (broad SMARTS) is 1. The van der Waals surface area contributed by atoms with Gasteiger partial charge in [-0.1, -0.05) is 30.3 Å². The van der Waals surface area contributed by atoms with E-state index in [1.807, 2.05) is 30.3 Å². The van der Waals surface area contributed by atoms with Crippen LogP contribution in [0.3, 0.4) is 0 Å². The molecule has 0 spiro atoms. The molecule has 3 rings (SSSR count). The molecule has 2 N–H and O–H groups in total. The normalized spacial score (nSPS) is 15.9. The van der Waals surface area contributed by atoms with Crippen LogP contribution in [0.5, 0.6) is 0 Å². The summed E-state index contributed by atoms with van der Waals surface area (Å²) in [6, 6.07) is 11.8. The number of carboxylic acids is 1. The van der Waals surface area contributed by atoms with Crippen LogP contribution in [0, 0.1) is 5.92 Å². The number of nitrogens with one attached hydrogen (secondary N) is 1. The highest BCUT2D eigenvalue weighted by atomic mass is 16.4. The monoisotopic (exact) mass is 370 g/mol. The number of rotatable bonds is 6. The number of carbonyl (C=O) groups excluding carboxylic acids is 2. The molecule has 1 fully saturated rings. The molecule has 1 aromatic carbocycles. The van der Waals surface area contributed by atoms with E-state index in [0.29, 0.717) is 32.4 Å². The highest BCUT2D eigenvalue weighted by Crippen LogP contribution is 2.19. The smallest absolute Gasteiger partial charge is 0.306 e. The van der Waals surface area contributed by atoms with Gasteiger partial charge in [0.05, 0.1) is 12.2 Å². The van der Waals surface area contributed by atoms with E-state index in [1.165, 1.54) is 12.3 Å². The van der Waals surface area contributed by atoms with Gasteiger partial charge in [0.2, 0.25) is 5.91 Å². The molecular weight excluding hydrogens is 348 g/mol. The molecule has 1 aliphatic rings. The van der Waals surface area contributed by atoms with Crippen LogP contribution in [0.4, 0.5) is 0 Å². The first-order valence-corrected chi connectivity index (χ1v) is 8.94. The number of piperidine rings is 1. The van der Waals surface area contributed by atoms with Crippen molar-refractivity contribution < 1.29 is 23.9 Å². The average Bonchev–Trinajstić information content (AvgIpc) is 3.23. The lowest BCUT2D eigenvalue weighted by Gasteiger charge is -2.33. The molecule has 2 heterocycles. The van der Waals surface area contributed by atoms with Crippen LogP contribution in [0.25, 0.3) is 0 Å². The van der Waals surface area contributed by atoms with E-state index in [9.17, 15) is 14.4 Å². The fourth-order valence-corrected chi connectivity index (χ4v) is 3.25. The first-order chi connectivity index (χ1) is 13.0. The third kappa shape index (κ3) is 4.75. The summed E-state index contributed by atoms with van der Waals surface area (Å²) >= 11 is 0. The molecule has 2 aromatic rings. The molecule has 0 saturated carbocycles. The van der Waals surface area contributed by atoms with Crippen molar-refractivity contribution in [2.24, 2.45) is 5.92 Å². The molecule has 1 aromatic heterocycles. The molecular formula is C20H22N2O5. The fraction of sp³-hybridized carbons (Fsp3) is 0.350. The van der Waals surface area contributed by atoms with E-state index in [2.05, 4.69) is 5.32 Å². The molecule has 7 heteroatoms. The van der Waals surface area contributed by atoms with Crippen LogP contribution in [0.2, 0.25) is 0 Å². The minimum atomic E-state index is -0.825. The highest BCUT2D eigenvalue weighted by molar-refractivity contribution is 5.95. The van der Waals surface area contributed by atoms with Crippen molar-refractivity contribution in [3.05, 3.63) is 60.1 Å². The number of likely N-dealkylation sites (tertiary alicyclic amines) is 1. The van der Waals surface area contributed by atoms with Crippen molar-refractivity contribution in [3.8, 4) is 0 Å². The Morgan fingerprint density at radius 1 is 1.11 bits per heavy atom. The van der Waals surface area contributed by atoms with E-state index < -0.39 is 23.8 Å². The Hall–Kier alpha value is -3.09. The van der Waals surface area contributed by atoms with Gasteiger partial charge in [0.25, 0.3) is 5.91 Å². The molecule has 7 nitrogen and oxygen atoms in total. The summed E-state index contributed by atoms with van der Waals surface area (Å²) in [5, 5.41) is 11.9. The number of furan rings is 1. The third-order valence-corrected chi connectivity index (χ3v) is 4.79. The fourth-order valence-electron chi connectivity index (χ4n) is 3.25. The molecule has 1 atom stereocenters. The topological polar surface area (TPSA) is 99.9 Å². The summed E-state index contributed by atoms with van der Waals surface area (Å²) < 4.78 is 5.11. The van der Waals surface area contributed by atoms with E-state index in [-0.39, 0.29) is 11.7 Å². The predicted molar refractivity (Wildman–Crippen MR) is 97.0 cm³/mol. The predicted octanol–water partition coefficient (Wildman–Crippen LogP) is 1.94. The third-order valence-electron chi connectivity index (χ3n) is 4.79. The molecule has 2 amide bonds. The maximum absolute atomic E-state index is 13.0. The molecule has 0 aliphatic carbocycles. The lowest BCUT2D eigenvalue weighted by molar-refractivity contribution is -0.146. The van der Waals surface area contributed by atoms with Gasteiger partial charge < -0.3 is 19.7 Å². The summed E-state index contributed by atoms with van der Waals surface area (Å²) in [5.41, 5.74) is 0.927. The van der Waals surface area contributed by atoms with Crippen LogP contribution in [0.15, 0.2) is 53.1 Å². The Balaban J connectivity index is 1.71. The van der Waals surface area contributed by atoms with Crippen molar-refractivity contribution in [1.29, 1.82) is 0 Å². The summed E-state index contributed by atoms with van der Waals surface area (Å²) in [6.07, 6.45) is 2.60. The highest BCUT2D eigenvalue weighted by Gasteiger charge is 2.32. The number of hydrogen-bond acceptors (Lipinski definition) is 4. The molecule has 142 valence electrons. The van der Waals surface area contributed by atoms with E-state index in [1.54, 1.807) is 11.0 Å². The van der Waals surface area contributed by atoms with Crippen LogP contribution in [-0.4, -0.2) is 46.9 Å². The van der Waals surface area contributed by atoms with Gasteiger partial charge in [0.1, 0.15) is 6.04 Å². The summed E-state index contributed by atoms with van der Waals surface area (Å²) in [6.45, 7) is 0.745. The second-order valence-corrected chi connectivity index (χ2v) is 6.63. The van der Waals surface area contributed by atoms with Crippen LogP contribution in [0.1, 0.15) is 29.0 Å². The molecule has 0 radical (unpaired) electrons. The number of nitrogens with zero attached hydrogens (tertiary/aromatic N) is 1. The van der Waals surface area contributed by atoms with E-state index in [4.69, 9.17) is 9.52 Å². The minimum absolute atomic E-state index is 0.144. The Morgan fingerprint density at radius 3 is 2.41 bits per heavy atom. The van der Waals surface area contributed by atoms with Crippen molar-refractivity contribution in [2.75, 3.05) is 13.1 Å². The standard InChI is InChI=1S/C20H22N2O5/c23-18(17-7-4-12-27-17)21-16(13-14-5-2-1-3-6-14)19(24)22-10-8-15(9-11-22)20(25)26/h1-7,12,15-16H,8-11,13H2,(H,21,23)(H,25,26). The zero-order valence-electron chi connectivity index (χ0n) is 14.8. The zero-order chi connectivity index (χ0) is 19.2. The summed E-state index contributed by atoms with van der Waals surface area (Å²) in [5.74, 6) is -1.75. The Bertz CT molecular complexity index is 780. The van der Waals surface area contributed by atoms with Crippen LogP contribution >= 0.6 is 0 Å². The van der Waals surface area contributed by atoms with Crippen LogP contribution < -0.4 is 5.32 Å². The maximum atomic E-state index is 13.0. The number of benzene rings is 1. The molecule has 1 saturated heterocycles. The Kier molecular flexibility index (Phi) is 5.90. The Morgan fingerprint density at radius 2 is 1.81 bits per heavy atom. The van der Waals surface area contributed by atoms with Crippen molar-refractivity contribution >= 4 is 17.8 Å².